The molecule has 0 unspecified atom stereocenters. The van der Waals surface area contributed by atoms with Gasteiger partial charge in [-0.15, -0.1) is 10.2 Å². The van der Waals surface area contributed by atoms with Crippen LogP contribution in [0.25, 0.3) is 10.9 Å². The molecule has 2 atom stereocenters. The van der Waals surface area contributed by atoms with Gasteiger partial charge < -0.3 is 14.2 Å². The number of pyridine rings is 1. The Bertz CT molecular complexity index is 1230. The molecule has 2 fully saturated rings. The summed E-state index contributed by atoms with van der Waals surface area (Å²) >= 11 is 0. The Morgan fingerprint density at radius 2 is 2.03 bits per heavy atom. The van der Waals surface area contributed by atoms with Gasteiger partial charge >= 0.3 is 6.18 Å². The molecule has 1 aliphatic carbocycles. The van der Waals surface area contributed by atoms with Crippen LogP contribution in [0.3, 0.4) is 0 Å². The van der Waals surface area contributed by atoms with Crippen LogP contribution >= 0.6 is 0 Å². The maximum Gasteiger partial charge on any atom is 0.397 e. The van der Waals surface area contributed by atoms with E-state index in [9.17, 15) is 18.4 Å². The zero-order valence-corrected chi connectivity index (χ0v) is 17.6. The van der Waals surface area contributed by atoms with Gasteiger partial charge in [0.15, 0.2) is 0 Å². The second-order valence-electron chi connectivity index (χ2n) is 8.89. The summed E-state index contributed by atoms with van der Waals surface area (Å²) in [6.07, 6.45) is -2.44. The normalized spacial score (nSPS) is 24.7. The SMILES string of the molecule is CN(C)CCc1nnc([C@]23CN(c4ccc(C#N)c5ncccc45)C[C@@]2(C(F)(F)F)C3)o1. The first-order valence-corrected chi connectivity index (χ1v) is 10.3. The average molecular weight is 442 g/mol. The molecule has 0 amide bonds. The number of anilines is 1. The van der Waals surface area contributed by atoms with Crippen LogP contribution in [0.2, 0.25) is 0 Å². The summed E-state index contributed by atoms with van der Waals surface area (Å²) in [6, 6.07) is 8.89. The third-order valence-electron chi connectivity index (χ3n) is 6.72. The molecule has 1 aliphatic heterocycles. The zero-order chi connectivity index (χ0) is 22.7. The number of rotatable bonds is 5. The predicted molar refractivity (Wildman–Crippen MR) is 110 cm³/mol. The summed E-state index contributed by atoms with van der Waals surface area (Å²) in [5.74, 6) is 0.402. The molecule has 2 aromatic heterocycles. The molecule has 3 aromatic rings. The van der Waals surface area contributed by atoms with Crippen LogP contribution in [0.4, 0.5) is 18.9 Å². The van der Waals surface area contributed by atoms with Gasteiger partial charge in [0.2, 0.25) is 11.8 Å². The summed E-state index contributed by atoms with van der Waals surface area (Å²) in [6.45, 7) is 0.564. The molecule has 166 valence electrons. The summed E-state index contributed by atoms with van der Waals surface area (Å²) in [5.41, 5.74) is -1.72. The summed E-state index contributed by atoms with van der Waals surface area (Å²) < 4.78 is 48.7. The number of nitriles is 1. The molecular formula is C22H21F3N6O. The zero-order valence-electron chi connectivity index (χ0n) is 17.6. The molecule has 2 aliphatic rings. The molecule has 1 saturated heterocycles. The smallest absolute Gasteiger partial charge is 0.397 e. The van der Waals surface area contributed by atoms with E-state index in [1.807, 2.05) is 19.0 Å². The van der Waals surface area contributed by atoms with Crippen molar-refractivity contribution >= 4 is 16.6 Å². The number of hydrogen-bond donors (Lipinski definition) is 0. The van der Waals surface area contributed by atoms with Crippen molar-refractivity contribution in [1.29, 1.82) is 5.26 Å². The van der Waals surface area contributed by atoms with Crippen molar-refractivity contribution in [1.82, 2.24) is 20.1 Å². The first kappa shape index (κ1) is 20.7. The van der Waals surface area contributed by atoms with E-state index in [4.69, 9.17) is 4.42 Å². The highest BCUT2D eigenvalue weighted by atomic mass is 19.4. The highest BCUT2D eigenvalue weighted by Crippen LogP contribution is 2.75. The van der Waals surface area contributed by atoms with Crippen molar-refractivity contribution in [2.24, 2.45) is 5.41 Å². The number of benzene rings is 1. The first-order chi connectivity index (χ1) is 15.2. The maximum atomic E-state index is 14.3. The Morgan fingerprint density at radius 1 is 1.22 bits per heavy atom. The van der Waals surface area contributed by atoms with Gasteiger partial charge in [0, 0.05) is 43.3 Å². The van der Waals surface area contributed by atoms with Crippen LogP contribution in [0, 0.1) is 16.7 Å². The van der Waals surface area contributed by atoms with Gasteiger partial charge in [-0.25, -0.2) is 0 Å². The number of piperidine rings is 1. The topological polar surface area (TPSA) is 82.1 Å². The minimum Gasteiger partial charge on any atom is -0.425 e. The molecule has 0 radical (unpaired) electrons. The van der Waals surface area contributed by atoms with Gasteiger partial charge in [-0.2, -0.15) is 18.4 Å². The van der Waals surface area contributed by atoms with Gasteiger partial charge in [-0.1, -0.05) is 0 Å². The molecule has 5 rings (SSSR count). The number of alkyl halides is 3. The van der Waals surface area contributed by atoms with E-state index in [1.165, 1.54) is 0 Å². The van der Waals surface area contributed by atoms with Crippen LogP contribution in [-0.4, -0.2) is 60.0 Å². The first-order valence-electron chi connectivity index (χ1n) is 10.3. The van der Waals surface area contributed by atoms with E-state index in [2.05, 4.69) is 21.3 Å². The Morgan fingerprint density at radius 3 is 2.75 bits per heavy atom. The molecule has 10 heteroatoms. The third kappa shape index (κ3) is 2.88. The van der Waals surface area contributed by atoms with E-state index < -0.39 is 17.0 Å². The van der Waals surface area contributed by atoms with Crippen molar-refractivity contribution in [3.05, 3.63) is 47.8 Å². The predicted octanol–water partition coefficient (Wildman–Crippen LogP) is 3.30. The van der Waals surface area contributed by atoms with Gasteiger partial charge in [0.05, 0.1) is 16.5 Å². The summed E-state index contributed by atoms with van der Waals surface area (Å²) in [7, 11) is 3.80. The number of likely N-dealkylation sites (N-methyl/N-ethyl adjacent to an activating group) is 1. The van der Waals surface area contributed by atoms with E-state index in [0.717, 1.165) is 0 Å². The van der Waals surface area contributed by atoms with Crippen molar-refractivity contribution in [2.75, 3.05) is 38.6 Å². The van der Waals surface area contributed by atoms with Gasteiger partial charge in [0.25, 0.3) is 0 Å². The fourth-order valence-electron chi connectivity index (χ4n) is 4.96. The van der Waals surface area contributed by atoms with Crippen LogP contribution < -0.4 is 4.90 Å². The van der Waals surface area contributed by atoms with Crippen LogP contribution in [-0.2, 0) is 11.8 Å². The Balaban J connectivity index is 1.54. The molecule has 1 saturated carbocycles. The van der Waals surface area contributed by atoms with Crippen LogP contribution in [0.5, 0.6) is 0 Å². The minimum atomic E-state index is -4.42. The fraction of sp³-hybridized carbons (Fsp3) is 0.455. The summed E-state index contributed by atoms with van der Waals surface area (Å²) in [5, 5.41) is 18.1. The second-order valence-corrected chi connectivity index (χ2v) is 8.89. The lowest BCUT2D eigenvalue weighted by molar-refractivity contribution is -0.187. The molecule has 0 spiro atoms. The Hall–Kier alpha value is -3.19. The summed E-state index contributed by atoms with van der Waals surface area (Å²) in [4.78, 5) is 7.94. The number of halogens is 3. The largest absolute Gasteiger partial charge is 0.425 e. The Kier molecular flexibility index (Phi) is 4.47. The van der Waals surface area contributed by atoms with E-state index in [0.29, 0.717) is 41.0 Å². The molecule has 0 N–H and O–H groups in total. The van der Waals surface area contributed by atoms with E-state index >= 15 is 0 Å². The maximum absolute atomic E-state index is 14.3. The number of nitrogens with zero attached hydrogens (tertiary/aromatic N) is 6. The van der Waals surface area contributed by atoms with Crippen molar-refractivity contribution in [3.63, 3.8) is 0 Å². The van der Waals surface area contributed by atoms with E-state index in [-0.39, 0.29) is 25.4 Å². The van der Waals surface area contributed by atoms with Crippen molar-refractivity contribution in [3.8, 4) is 6.07 Å². The molecule has 0 bridgehead atoms. The minimum absolute atomic E-state index is 0.0576. The Labute approximate surface area is 182 Å². The molecular weight excluding hydrogens is 421 g/mol. The fourth-order valence-corrected chi connectivity index (χ4v) is 4.96. The molecule has 3 heterocycles. The second kappa shape index (κ2) is 6.90. The number of fused-ring (bicyclic) bond motifs is 2. The molecule has 7 nitrogen and oxygen atoms in total. The standard InChI is InChI=1S/C22H21F3N6O/c1-30(2)9-7-17-28-29-19(32-17)20-11-21(20,22(23,24)25)13-31(12-20)16-6-5-14(10-26)18-15(16)4-3-8-27-18/h3-6,8H,7,9,11-13H2,1-2H3/t20-,21-/m0/s1. The molecule has 1 aromatic carbocycles. The lowest BCUT2D eigenvalue weighted by Crippen LogP contribution is -2.34. The van der Waals surface area contributed by atoms with Crippen LogP contribution in [0.15, 0.2) is 34.9 Å². The van der Waals surface area contributed by atoms with Gasteiger partial charge in [0.1, 0.15) is 11.5 Å². The van der Waals surface area contributed by atoms with Gasteiger partial charge in [-0.05, 0) is 44.8 Å². The van der Waals surface area contributed by atoms with Gasteiger partial charge in [-0.3, -0.25) is 4.98 Å². The molecule has 32 heavy (non-hydrogen) atoms. The average Bonchev–Trinajstić information content (AvgIpc) is 3.08. The lowest BCUT2D eigenvalue weighted by atomic mass is 9.95. The third-order valence-corrected chi connectivity index (χ3v) is 6.72. The highest BCUT2D eigenvalue weighted by Gasteiger charge is 2.86. The lowest BCUT2D eigenvalue weighted by Gasteiger charge is -2.25. The van der Waals surface area contributed by atoms with E-state index in [1.54, 1.807) is 35.4 Å². The number of aromatic nitrogens is 3. The monoisotopic (exact) mass is 442 g/mol. The van der Waals surface area contributed by atoms with Crippen LogP contribution in [0.1, 0.15) is 23.8 Å². The quantitative estimate of drug-likeness (QED) is 0.600. The highest BCUT2D eigenvalue weighted by molar-refractivity contribution is 5.95. The number of hydrogen-bond acceptors (Lipinski definition) is 7. The van der Waals surface area contributed by atoms with Crippen molar-refractivity contribution in [2.45, 2.75) is 24.4 Å². The van der Waals surface area contributed by atoms with Crippen molar-refractivity contribution < 1.29 is 17.6 Å².